The first-order chi connectivity index (χ1) is 9.19. The highest BCUT2D eigenvalue weighted by molar-refractivity contribution is 5.59. The number of hydrogen-bond acceptors (Lipinski definition) is 5. The van der Waals surface area contributed by atoms with Gasteiger partial charge in [-0.2, -0.15) is 0 Å². The maximum Gasteiger partial charge on any atom is 0.148 e. The second kappa shape index (κ2) is 4.96. The normalized spacial score (nSPS) is 28.9. The Labute approximate surface area is 114 Å². The Bertz CT molecular complexity index is 459. The van der Waals surface area contributed by atoms with Gasteiger partial charge in [0, 0.05) is 11.6 Å². The molecular weight excluding hydrogens is 238 g/mol. The van der Waals surface area contributed by atoms with E-state index in [4.69, 9.17) is 5.84 Å². The van der Waals surface area contributed by atoms with Gasteiger partial charge in [0.15, 0.2) is 0 Å². The summed E-state index contributed by atoms with van der Waals surface area (Å²) in [6.45, 7) is 4.29. The quantitative estimate of drug-likeness (QED) is 0.573. The average molecular weight is 261 g/mol. The van der Waals surface area contributed by atoms with E-state index in [-0.39, 0.29) is 0 Å². The lowest BCUT2D eigenvalue weighted by Crippen LogP contribution is -2.27. The Morgan fingerprint density at radius 1 is 1.21 bits per heavy atom. The lowest BCUT2D eigenvalue weighted by molar-refractivity contribution is 0.438. The molecule has 5 heteroatoms. The van der Waals surface area contributed by atoms with Crippen molar-refractivity contribution in [1.29, 1.82) is 0 Å². The van der Waals surface area contributed by atoms with Crippen molar-refractivity contribution in [2.24, 2.45) is 17.7 Å². The fraction of sp³-hybridized carbons (Fsp3) is 0.714. The molecule has 4 N–H and O–H groups in total. The smallest absolute Gasteiger partial charge is 0.148 e. The number of anilines is 2. The first kappa shape index (κ1) is 12.7. The van der Waals surface area contributed by atoms with E-state index in [0.29, 0.717) is 12.0 Å². The van der Waals surface area contributed by atoms with Crippen molar-refractivity contribution < 1.29 is 0 Å². The van der Waals surface area contributed by atoms with Crippen LogP contribution in [-0.2, 0) is 0 Å². The van der Waals surface area contributed by atoms with Crippen LogP contribution in [0, 0.1) is 11.8 Å². The second-order valence-corrected chi connectivity index (χ2v) is 6.21. The van der Waals surface area contributed by atoms with Crippen molar-refractivity contribution in [2.45, 2.75) is 51.5 Å². The minimum atomic E-state index is 0.341. The first-order valence-corrected chi connectivity index (χ1v) is 7.27. The van der Waals surface area contributed by atoms with Crippen molar-refractivity contribution in [2.75, 3.05) is 10.7 Å². The van der Waals surface area contributed by atoms with Crippen LogP contribution in [-0.4, -0.2) is 16.0 Å². The molecule has 0 saturated heterocycles. The number of nitrogens with one attached hydrogen (secondary N) is 2. The molecule has 5 nitrogen and oxygen atoms in total. The highest BCUT2D eigenvalue weighted by Gasteiger charge is 2.39. The molecule has 2 saturated carbocycles. The number of aromatic nitrogens is 2. The molecule has 3 unspecified atom stereocenters. The zero-order valence-electron chi connectivity index (χ0n) is 11.7. The molecule has 19 heavy (non-hydrogen) atoms. The van der Waals surface area contributed by atoms with Gasteiger partial charge >= 0.3 is 0 Å². The van der Waals surface area contributed by atoms with E-state index in [1.807, 2.05) is 0 Å². The minimum absolute atomic E-state index is 0.341. The van der Waals surface area contributed by atoms with E-state index < -0.39 is 0 Å². The van der Waals surface area contributed by atoms with Crippen molar-refractivity contribution >= 4 is 11.6 Å². The molecule has 0 radical (unpaired) electrons. The molecule has 1 aromatic heterocycles. The molecular formula is C14H23N5. The monoisotopic (exact) mass is 261 g/mol. The summed E-state index contributed by atoms with van der Waals surface area (Å²) in [5.74, 6) is 9.34. The number of hydrogen-bond donors (Lipinski definition) is 3. The van der Waals surface area contributed by atoms with Crippen LogP contribution in [0.2, 0.25) is 0 Å². The molecule has 1 heterocycles. The van der Waals surface area contributed by atoms with Gasteiger partial charge < -0.3 is 10.7 Å². The molecule has 3 rings (SSSR count). The van der Waals surface area contributed by atoms with Gasteiger partial charge in [-0.25, -0.2) is 15.8 Å². The molecule has 0 aromatic carbocycles. The fourth-order valence-corrected chi connectivity index (χ4v) is 3.77. The van der Waals surface area contributed by atoms with E-state index in [9.17, 15) is 0 Å². The summed E-state index contributed by atoms with van der Waals surface area (Å²) < 4.78 is 0. The van der Waals surface area contributed by atoms with E-state index in [0.717, 1.165) is 29.0 Å². The molecule has 2 fully saturated rings. The summed E-state index contributed by atoms with van der Waals surface area (Å²) in [5.41, 5.74) is 3.78. The maximum absolute atomic E-state index is 5.56. The molecule has 2 aliphatic rings. The van der Waals surface area contributed by atoms with Crippen LogP contribution < -0.4 is 16.6 Å². The lowest BCUT2D eigenvalue weighted by Gasteiger charge is -2.25. The minimum Gasteiger partial charge on any atom is -0.367 e. The third-order valence-corrected chi connectivity index (χ3v) is 4.66. The summed E-state index contributed by atoms with van der Waals surface area (Å²) >= 11 is 0. The number of hydrazine groups is 1. The van der Waals surface area contributed by atoms with E-state index >= 15 is 0 Å². The molecule has 2 aliphatic carbocycles. The zero-order valence-corrected chi connectivity index (χ0v) is 11.7. The van der Waals surface area contributed by atoms with Crippen molar-refractivity contribution in [3.63, 3.8) is 0 Å². The third-order valence-electron chi connectivity index (χ3n) is 4.66. The maximum atomic E-state index is 5.56. The van der Waals surface area contributed by atoms with Crippen LogP contribution in [0.3, 0.4) is 0 Å². The average Bonchev–Trinajstić information content (AvgIpc) is 3.00. The zero-order chi connectivity index (χ0) is 13.4. The Morgan fingerprint density at radius 2 is 2.00 bits per heavy atom. The Hall–Kier alpha value is -1.36. The molecule has 104 valence electrons. The highest BCUT2D eigenvalue weighted by atomic mass is 15.3. The van der Waals surface area contributed by atoms with Crippen LogP contribution in [0.15, 0.2) is 6.33 Å². The predicted octanol–water partition coefficient (Wildman–Crippen LogP) is 2.49. The van der Waals surface area contributed by atoms with Crippen molar-refractivity contribution in [3.8, 4) is 0 Å². The van der Waals surface area contributed by atoms with Gasteiger partial charge in [0.1, 0.15) is 18.0 Å². The fourth-order valence-electron chi connectivity index (χ4n) is 3.77. The summed E-state index contributed by atoms with van der Waals surface area (Å²) in [4.78, 5) is 8.65. The van der Waals surface area contributed by atoms with Gasteiger partial charge in [-0.15, -0.1) is 0 Å². The summed E-state index contributed by atoms with van der Waals surface area (Å²) in [5, 5.41) is 3.65. The van der Waals surface area contributed by atoms with Gasteiger partial charge in [0.25, 0.3) is 0 Å². The van der Waals surface area contributed by atoms with Gasteiger partial charge in [0.05, 0.1) is 0 Å². The Morgan fingerprint density at radius 3 is 2.58 bits per heavy atom. The number of nitrogens with two attached hydrogens (primary N) is 1. The molecule has 0 spiro atoms. The van der Waals surface area contributed by atoms with E-state index in [1.165, 1.54) is 25.7 Å². The van der Waals surface area contributed by atoms with E-state index in [1.54, 1.807) is 6.33 Å². The van der Waals surface area contributed by atoms with Crippen LogP contribution in [0.5, 0.6) is 0 Å². The van der Waals surface area contributed by atoms with E-state index in [2.05, 4.69) is 34.6 Å². The number of rotatable bonds is 4. The van der Waals surface area contributed by atoms with Crippen molar-refractivity contribution in [3.05, 3.63) is 11.9 Å². The highest BCUT2D eigenvalue weighted by Crippen LogP contribution is 2.46. The number of fused-ring (bicyclic) bond motifs is 2. The van der Waals surface area contributed by atoms with Gasteiger partial charge in [-0.1, -0.05) is 20.3 Å². The third kappa shape index (κ3) is 2.27. The standard InChI is InChI=1S/C14H23N5/c1-8(2)12-13(16-7-17-14(12)19-15)18-11-6-9-3-4-10(11)5-9/h7-11H,3-6,15H2,1-2H3,(H2,16,17,18,19). The van der Waals surface area contributed by atoms with Crippen molar-refractivity contribution in [1.82, 2.24) is 9.97 Å². The first-order valence-electron chi connectivity index (χ1n) is 7.27. The van der Waals surface area contributed by atoms with Crippen LogP contribution in [0.4, 0.5) is 11.6 Å². The Kier molecular flexibility index (Phi) is 3.31. The molecule has 3 atom stereocenters. The molecule has 2 bridgehead atoms. The topological polar surface area (TPSA) is 75.9 Å². The van der Waals surface area contributed by atoms with Crippen LogP contribution >= 0.6 is 0 Å². The van der Waals surface area contributed by atoms with Gasteiger partial charge in [-0.05, 0) is 37.0 Å². The van der Waals surface area contributed by atoms with Gasteiger partial charge in [-0.3, -0.25) is 0 Å². The Balaban J connectivity index is 1.84. The largest absolute Gasteiger partial charge is 0.367 e. The summed E-state index contributed by atoms with van der Waals surface area (Å²) in [7, 11) is 0. The second-order valence-electron chi connectivity index (χ2n) is 6.21. The van der Waals surface area contributed by atoms with Gasteiger partial charge in [0.2, 0.25) is 0 Å². The molecule has 1 aromatic rings. The molecule has 0 aliphatic heterocycles. The SMILES string of the molecule is CC(C)c1c(NN)ncnc1NC1CC2CCC1C2. The number of nitrogen functional groups attached to an aromatic ring is 1. The predicted molar refractivity (Wildman–Crippen MR) is 76.8 cm³/mol. The summed E-state index contributed by atoms with van der Waals surface area (Å²) in [6.07, 6.45) is 7.04. The lowest BCUT2D eigenvalue weighted by atomic mass is 9.95. The summed E-state index contributed by atoms with van der Waals surface area (Å²) in [6, 6.07) is 0.580. The number of nitrogens with zero attached hydrogens (tertiary/aromatic N) is 2. The molecule has 0 amide bonds. The van der Waals surface area contributed by atoms with Crippen LogP contribution in [0.25, 0.3) is 0 Å². The van der Waals surface area contributed by atoms with Crippen LogP contribution in [0.1, 0.15) is 51.0 Å².